The molecule has 0 aromatic heterocycles. The van der Waals surface area contributed by atoms with Crippen LogP contribution in [0.2, 0.25) is 0 Å². The van der Waals surface area contributed by atoms with Gasteiger partial charge >= 0.3 is 0 Å². The predicted molar refractivity (Wildman–Crippen MR) is 86.2 cm³/mol. The van der Waals surface area contributed by atoms with Crippen molar-refractivity contribution in [2.45, 2.75) is 50.5 Å². The Morgan fingerprint density at radius 2 is 1.95 bits per heavy atom. The van der Waals surface area contributed by atoms with Gasteiger partial charge in [0, 0.05) is 16.6 Å². The summed E-state index contributed by atoms with van der Waals surface area (Å²) in [4.78, 5) is 2.67. The third-order valence-electron chi connectivity index (χ3n) is 5.00. The van der Waals surface area contributed by atoms with Crippen molar-refractivity contribution in [1.29, 1.82) is 0 Å². The summed E-state index contributed by atoms with van der Waals surface area (Å²) in [5.41, 5.74) is 0.503. The molecule has 4 heteroatoms. The smallest absolute Gasteiger partial charge is 0.166 e. The molecule has 1 spiro atoms. The summed E-state index contributed by atoms with van der Waals surface area (Å²) < 4.78 is 20.0. The van der Waals surface area contributed by atoms with E-state index in [1.54, 1.807) is 6.07 Å². The van der Waals surface area contributed by atoms with E-state index < -0.39 is 0 Å². The Balaban J connectivity index is 1.46. The Kier molecular flexibility index (Phi) is 4.85. The first-order chi connectivity index (χ1) is 10.2. The van der Waals surface area contributed by atoms with E-state index >= 15 is 0 Å². The van der Waals surface area contributed by atoms with Crippen LogP contribution < -0.4 is 4.74 Å². The average molecular weight is 356 g/mol. The van der Waals surface area contributed by atoms with Crippen LogP contribution >= 0.6 is 15.9 Å². The number of rotatable bonds is 5. The highest BCUT2D eigenvalue weighted by Gasteiger charge is 2.42. The van der Waals surface area contributed by atoms with E-state index in [4.69, 9.17) is 4.74 Å². The van der Waals surface area contributed by atoms with Gasteiger partial charge in [0.2, 0.25) is 0 Å². The standard InChI is InChI=1S/C17H23BrFNO/c18-14-5-6-16(15(19)13-14)21-12-4-11-20-10-3-9-17(20)7-1-2-8-17/h5-6,13H,1-4,7-12H2. The first-order valence-corrected chi connectivity index (χ1v) is 8.82. The van der Waals surface area contributed by atoms with Crippen molar-refractivity contribution in [3.05, 3.63) is 28.5 Å². The van der Waals surface area contributed by atoms with Crippen molar-refractivity contribution in [3.8, 4) is 5.75 Å². The summed E-state index contributed by atoms with van der Waals surface area (Å²) in [6.07, 6.45) is 9.19. The second-order valence-corrected chi connectivity index (χ2v) is 7.21. The van der Waals surface area contributed by atoms with E-state index in [0.717, 1.165) is 17.4 Å². The zero-order chi connectivity index (χ0) is 14.7. The molecular formula is C17H23BrFNO. The van der Waals surface area contributed by atoms with Crippen molar-refractivity contribution in [2.75, 3.05) is 19.7 Å². The molecule has 0 amide bonds. The SMILES string of the molecule is Fc1cc(Br)ccc1OCCCN1CCCC12CCCC2. The molecule has 1 aromatic rings. The highest BCUT2D eigenvalue weighted by molar-refractivity contribution is 9.10. The first-order valence-electron chi connectivity index (χ1n) is 8.03. The number of ether oxygens (including phenoxy) is 1. The molecule has 0 atom stereocenters. The quantitative estimate of drug-likeness (QED) is 0.705. The van der Waals surface area contributed by atoms with Crippen LogP contribution in [0.5, 0.6) is 5.75 Å². The third kappa shape index (κ3) is 3.42. The van der Waals surface area contributed by atoms with Crippen LogP contribution in [0.25, 0.3) is 0 Å². The van der Waals surface area contributed by atoms with Crippen LogP contribution in [0, 0.1) is 5.82 Å². The average Bonchev–Trinajstić information content (AvgIpc) is 3.08. The van der Waals surface area contributed by atoms with E-state index in [9.17, 15) is 4.39 Å². The Hall–Kier alpha value is -0.610. The fourth-order valence-electron chi connectivity index (χ4n) is 3.97. The second-order valence-electron chi connectivity index (χ2n) is 6.30. The van der Waals surface area contributed by atoms with Crippen LogP contribution in [0.4, 0.5) is 4.39 Å². The molecule has 1 heterocycles. The van der Waals surface area contributed by atoms with Gasteiger partial charge < -0.3 is 4.74 Å². The first kappa shape index (κ1) is 15.3. The van der Waals surface area contributed by atoms with Crippen LogP contribution in [-0.2, 0) is 0 Å². The summed E-state index contributed by atoms with van der Waals surface area (Å²) in [5.74, 6) is 0.0630. The van der Waals surface area contributed by atoms with Gasteiger partial charge in [-0.05, 0) is 56.8 Å². The van der Waals surface area contributed by atoms with Crippen molar-refractivity contribution in [2.24, 2.45) is 0 Å². The number of benzene rings is 1. The molecule has 21 heavy (non-hydrogen) atoms. The fraction of sp³-hybridized carbons (Fsp3) is 0.647. The van der Waals surface area contributed by atoms with E-state index in [2.05, 4.69) is 20.8 Å². The van der Waals surface area contributed by atoms with Gasteiger partial charge in [-0.25, -0.2) is 4.39 Å². The van der Waals surface area contributed by atoms with Crippen molar-refractivity contribution >= 4 is 15.9 Å². The molecule has 116 valence electrons. The van der Waals surface area contributed by atoms with Gasteiger partial charge in [-0.3, -0.25) is 4.90 Å². The highest BCUT2D eigenvalue weighted by Crippen LogP contribution is 2.42. The van der Waals surface area contributed by atoms with Crippen LogP contribution in [0.3, 0.4) is 0 Å². The molecular weight excluding hydrogens is 333 g/mol. The maximum atomic E-state index is 13.7. The Morgan fingerprint density at radius 1 is 1.19 bits per heavy atom. The molecule has 0 radical (unpaired) electrons. The largest absolute Gasteiger partial charge is 0.490 e. The normalized spacial score (nSPS) is 21.2. The van der Waals surface area contributed by atoms with Crippen molar-refractivity contribution < 1.29 is 9.13 Å². The summed E-state index contributed by atoms with van der Waals surface area (Å²) in [5, 5.41) is 0. The van der Waals surface area contributed by atoms with E-state index in [1.165, 1.54) is 51.1 Å². The molecule has 1 aromatic carbocycles. The summed E-state index contributed by atoms with van der Waals surface area (Å²) in [7, 11) is 0. The molecule has 2 aliphatic rings. The molecule has 0 bridgehead atoms. The van der Waals surface area contributed by atoms with Gasteiger partial charge in [0.05, 0.1) is 6.61 Å². The van der Waals surface area contributed by atoms with Gasteiger partial charge in [0.1, 0.15) is 0 Å². The third-order valence-corrected chi connectivity index (χ3v) is 5.49. The number of likely N-dealkylation sites (tertiary alicyclic amines) is 1. The molecule has 1 aliphatic heterocycles. The minimum atomic E-state index is -0.294. The summed E-state index contributed by atoms with van der Waals surface area (Å²) in [6, 6.07) is 4.95. The fourth-order valence-corrected chi connectivity index (χ4v) is 4.31. The molecule has 1 saturated heterocycles. The van der Waals surface area contributed by atoms with Crippen LogP contribution in [0.1, 0.15) is 44.9 Å². The topological polar surface area (TPSA) is 12.5 Å². The molecule has 0 N–H and O–H groups in total. The lowest BCUT2D eigenvalue weighted by Crippen LogP contribution is -2.42. The molecule has 0 unspecified atom stereocenters. The monoisotopic (exact) mass is 355 g/mol. The number of nitrogens with zero attached hydrogens (tertiary/aromatic N) is 1. The molecule has 2 nitrogen and oxygen atoms in total. The van der Waals surface area contributed by atoms with Gasteiger partial charge in [-0.2, -0.15) is 0 Å². The molecule has 1 saturated carbocycles. The lowest BCUT2D eigenvalue weighted by Gasteiger charge is -2.35. The number of halogens is 2. The molecule has 1 aliphatic carbocycles. The van der Waals surface area contributed by atoms with E-state index in [0.29, 0.717) is 17.9 Å². The van der Waals surface area contributed by atoms with Gasteiger partial charge in [-0.1, -0.05) is 28.8 Å². The van der Waals surface area contributed by atoms with Gasteiger partial charge in [0.15, 0.2) is 11.6 Å². The van der Waals surface area contributed by atoms with Crippen molar-refractivity contribution in [1.82, 2.24) is 4.90 Å². The highest BCUT2D eigenvalue weighted by atomic mass is 79.9. The minimum absolute atomic E-state index is 0.294. The summed E-state index contributed by atoms with van der Waals surface area (Å²) in [6.45, 7) is 2.90. The molecule has 3 rings (SSSR count). The maximum absolute atomic E-state index is 13.7. The number of hydrogen-bond donors (Lipinski definition) is 0. The van der Waals surface area contributed by atoms with Gasteiger partial charge in [0.25, 0.3) is 0 Å². The second kappa shape index (κ2) is 6.66. The summed E-state index contributed by atoms with van der Waals surface area (Å²) >= 11 is 3.25. The zero-order valence-electron chi connectivity index (χ0n) is 12.4. The lowest BCUT2D eigenvalue weighted by atomic mass is 9.94. The van der Waals surface area contributed by atoms with Crippen LogP contribution in [0.15, 0.2) is 22.7 Å². The predicted octanol–water partition coefficient (Wildman–Crippen LogP) is 4.77. The maximum Gasteiger partial charge on any atom is 0.166 e. The van der Waals surface area contributed by atoms with Crippen LogP contribution in [-0.4, -0.2) is 30.1 Å². The van der Waals surface area contributed by atoms with E-state index in [-0.39, 0.29) is 5.82 Å². The Labute approximate surface area is 134 Å². The molecule has 2 fully saturated rings. The number of hydrogen-bond acceptors (Lipinski definition) is 2. The lowest BCUT2D eigenvalue weighted by molar-refractivity contribution is 0.132. The minimum Gasteiger partial charge on any atom is -0.490 e. The van der Waals surface area contributed by atoms with E-state index in [1.807, 2.05) is 6.07 Å². The van der Waals surface area contributed by atoms with Crippen molar-refractivity contribution in [3.63, 3.8) is 0 Å². The Morgan fingerprint density at radius 3 is 2.71 bits per heavy atom. The zero-order valence-corrected chi connectivity index (χ0v) is 14.0. The Bertz CT molecular complexity index is 482. The van der Waals surface area contributed by atoms with Gasteiger partial charge in [-0.15, -0.1) is 0 Å².